The zero-order valence-electron chi connectivity index (χ0n) is 13.4. The van der Waals surface area contributed by atoms with E-state index in [4.69, 9.17) is 0 Å². The Bertz CT molecular complexity index is 790. The Morgan fingerprint density at radius 1 is 1.17 bits per heavy atom. The molecule has 7 nitrogen and oxygen atoms in total. The van der Waals surface area contributed by atoms with Crippen molar-refractivity contribution in [2.75, 3.05) is 6.54 Å². The Morgan fingerprint density at radius 2 is 1.87 bits per heavy atom. The van der Waals surface area contributed by atoms with Gasteiger partial charge in [0.05, 0.1) is 23.8 Å². The van der Waals surface area contributed by atoms with Gasteiger partial charge in [0.2, 0.25) is 11.8 Å². The molecule has 0 radical (unpaired) electrons. The molecule has 0 atom stereocenters. The number of aromatic nitrogens is 2. The molecule has 2 amide bonds. The fourth-order valence-corrected chi connectivity index (χ4v) is 2.12. The molecule has 0 bridgehead atoms. The van der Waals surface area contributed by atoms with Crippen LogP contribution < -0.4 is 16.2 Å². The van der Waals surface area contributed by atoms with Gasteiger partial charge in [0.15, 0.2) is 0 Å². The fraction of sp³-hybridized carbons (Fsp3) is 0.375. The minimum Gasteiger partial charge on any atom is -0.350 e. The van der Waals surface area contributed by atoms with Crippen LogP contribution in [0.25, 0.3) is 11.0 Å². The first-order chi connectivity index (χ1) is 10.8. The molecule has 0 unspecified atom stereocenters. The Morgan fingerprint density at radius 3 is 2.57 bits per heavy atom. The Labute approximate surface area is 133 Å². The van der Waals surface area contributed by atoms with Crippen LogP contribution in [0.5, 0.6) is 0 Å². The number of carbonyl (C=O) groups is 2. The fourth-order valence-electron chi connectivity index (χ4n) is 2.12. The van der Waals surface area contributed by atoms with Crippen molar-refractivity contribution in [3.05, 3.63) is 40.8 Å². The summed E-state index contributed by atoms with van der Waals surface area (Å²) in [6.45, 7) is 5.28. The lowest BCUT2D eigenvalue weighted by atomic mass is 10.1. The lowest BCUT2D eigenvalue weighted by molar-refractivity contribution is -0.127. The number of rotatable bonds is 4. The van der Waals surface area contributed by atoms with Crippen molar-refractivity contribution in [2.24, 2.45) is 0 Å². The maximum absolute atomic E-state index is 12.0. The van der Waals surface area contributed by atoms with Gasteiger partial charge in [-0.15, -0.1) is 0 Å². The summed E-state index contributed by atoms with van der Waals surface area (Å²) in [4.78, 5) is 39.7. The van der Waals surface area contributed by atoms with Gasteiger partial charge in [-0.1, -0.05) is 12.1 Å². The second kappa shape index (κ2) is 6.60. The molecule has 0 aliphatic heterocycles. The zero-order valence-corrected chi connectivity index (χ0v) is 13.4. The predicted octanol–water partition coefficient (Wildman–Crippen LogP) is 0.427. The van der Waals surface area contributed by atoms with Gasteiger partial charge in [-0.3, -0.25) is 19.0 Å². The molecule has 23 heavy (non-hydrogen) atoms. The molecule has 0 spiro atoms. The SMILES string of the molecule is CC(C)(C)NC(=O)CNC(=O)Cn1c(=O)cnc2ccccc21. The maximum Gasteiger partial charge on any atom is 0.269 e. The third-order valence-corrected chi connectivity index (χ3v) is 3.01. The lowest BCUT2D eigenvalue weighted by Crippen LogP contribution is -2.46. The number of benzene rings is 1. The van der Waals surface area contributed by atoms with Gasteiger partial charge in [0.25, 0.3) is 5.56 Å². The zero-order chi connectivity index (χ0) is 17.0. The predicted molar refractivity (Wildman–Crippen MR) is 86.9 cm³/mol. The highest BCUT2D eigenvalue weighted by atomic mass is 16.2. The van der Waals surface area contributed by atoms with E-state index in [0.717, 1.165) is 0 Å². The van der Waals surface area contributed by atoms with Crippen LogP contribution in [0.3, 0.4) is 0 Å². The van der Waals surface area contributed by atoms with Gasteiger partial charge < -0.3 is 10.6 Å². The molecule has 2 rings (SSSR count). The molecule has 1 aromatic carbocycles. The molecule has 0 saturated carbocycles. The molecule has 0 aliphatic rings. The highest BCUT2D eigenvalue weighted by Gasteiger charge is 2.15. The second-order valence-electron chi connectivity index (χ2n) is 6.25. The normalized spacial score (nSPS) is 11.3. The van der Waals surface area contributed by atoms with Crippen LogP contribution in [0.4, 0.5) is 0 Å². The molecule has 1 heterocycles. The minimum absolute atomic E-state index is 0.131. The molecular weight excluding hydrogens is 296 g/mol. The van der Waals surface area contributed by atoms with Gasteiger partial charge >= 0.3 is 0 Å². The van der Waals surface area contributed by atoms with E-state index in [1.165, 1.54) is 10.8 Å². The van der Waals surface area contributed by atoms with Crippen molar-refractivity contribution in [2.45, 2.75) is 32.9 Å². The summed E-state index contributed by atoms with van der Waals surface area (Å²) < 4.78 is 1.33. The quantitative estimate of drug-likeness (QED) is 0.855. The molecule has 7 heteroatoms. The summed E-state index contributed by atoms with van der Waals surface area (Å²) in [7, 11) is 0. The summed E-state index contributed by atoms with van der Waals surface area (Å²) in [6, 6.07) is 7.07. The topological polar surface area (TPSA) is 93.1 Å². The highest BCUT2D eigenvalue weighted by Crippen LogP contribution is 2.07. The Hall–Kier alpha value is -2.70. The van der Waals surface area contributed by atoms with Gasteiger partial charge in [-0.05, 0) is 32.9 Å². The van der Waals surface area contributed by atoms with Gasteiger partial charge in [0.1, 0.15) is 6.54 Å². The van der Waals surface area contributed by atoms with Crippen LogP contribution >= 0.6 is 0 Å². The third kappa shape index (κ3) is 4.64. The van der Waals surface area contributed by atoms with Gasteiger partial charge in [0, 0.05) is 5.54 Å². The molecular formula is C16H20N4O3. The van der Waals surface area contributed by atoms with Crippen molar-refractivity contribution in [3.8, 4) is 0 Å². The van der Waals surface area contributed by atoms with Crippen LogP contribution in [0.2, 0.25) is 0 Å². The first-order valence-corrected chi connectivity index (χ1v) is 7.28. The van der Waals surface area contributed by atoms with Crippen LogP contribution in [-0.4, -0.2) is 33.4 Å². The van der Waals surface area contributed by atoms with E-state index in [2.05, 4.69) is 15.6 Å². The number of carbonyl (C=O) groups excluding carboxylic acids is 2. The van der Waals surface area contributed by atoms with Crippen LogP contribution in [0, 0.1) is 0 Å². The van der Waals surface area contributed by atoms with Crippen molar-refractivity contribution >= 4 is 22.8 Å². The average Bonchev–Trinajstić information content (AvgIpc) is 2.46. The van der Waals surface area contributed by atoms with Crippen LogP contribution in [0.15, 0.2) is 35.3 Å². The van der Waals surface area contributed by atoms with E-state index in [0.29, 0.717) is 11.0 Å². The molecule has 0 fully saturated rings. The van der Waals surface area contributed by atoms with E-state index >= 15 is 0 Å². The Kier molecular flexibility index (Phi) is 4.78. The van der Waals surface area contributed by atoms with Crippen molar-refractivity contribution in [3.63, 3.8) is 0 Å². The van der Waals surface area contributed by atoms with E-state index < -0.39 is 5.91 Å². The summed E-state index contributed by atoms with van der Waals surface area (Å²) >= 11 is 0. The summed E-state index contributed by atoms with van der Waals surface area (Å²) in [5, 5.41) is 5.26. The molecule has 1 aromatic heterocycles. The Balaban J connectivity index is 2.05. The smallest absolute Gasteiger partial charge is 0.269 e. The number of hydrogen-bond acceptors (Lipinski definition) is 4. The van der Waals surface area contributed by atoms with E-state index in [-0.39, 0.29) is 30.1 Å². The van der Waals surface area contributed by atoms with Gasteiger partial charge in [-0.2, -0.15) is 0 Å². The summed E-state index contributed by atoms with van der Waals surface area (Å²) in [6.07, 6.45) is 1.18. The lowest BCUT2D eigenvalue weighted by Gasteiger charge is -2.20. The van der Waals surface area contributed by atoms with Crippen LogP contribution in [-0.2, 0) is 16.1 Å². The second-order valence-corrected chi connectivity index (χ2v) is 6.25. The number of nitrogens with zero attached hydrogens (tertiary/aromatic N) is 2. The summed E-state index contributed by atoms with van der Waals surface area (Å²) in [5.74, 6) is -0.690. The van der Waals surface area contributed by atoms with Crippen molar-refractivity contribution in [1.82, 2.24) is 20.2 Å². The number of fused-ring (bicyclic) bond motifs is 1. The van der Waals surface area contributed by atoms with Gasteiger partial charge in [-0.25, -0.2) is 4.98 Å². The third-order valence-electron chi connectivity index (χ3n) is 3.01. The molecule has 0 saturated heterocycles. The molecule has 122 valence electrons. The first kappa shape index (κ1) is 16.7. The number of nitrogens with one attached hydrogen (secondary N) is 2. The minimum atomic E-state index is -0.410. The molecule has 2 N–H and O–H groups in total. The van der Waals surface area contributed by atoms with E-state index in [1.807, 2.05) is 20.8 Å². The first-order valence-electron chi connectivity index (χ1n) is 7.28. The highest BCUT2D eigenvalue weighted by molar-refractivity contribution is 5.85. The molecule has 0 aliphatic carbocycles. The monoisotopic (exact) mass is 316 g/mol. The molecule has 2 aromatic rings. The van der Waals surface area contributed by atoms with Crippen LogP contribution in [0.1, 0.15) is 20.8 Å². The van der Waals surface area contributed by atoms with E-state index in [1.54, 1.807) is 24.3 Å². The average molecular weight is 316 g/mol. The number of hydrogen-bond donors (Lipinski definition) is 2. The van der Waals surface area contributed by atoms with E-state index in [9.17, 15) is 14.4 Å². The number of amides is 2. The summed E-state index contributed by atoms with van der Waals surface area (Å²) in [5.41, 5.74) is 0.484. The maximum atomic E-state index is 12.0. The van der Waals surface area contributed by atoms with Crippen molar-refractivity contribution < 1.29 is 9.59 Å². The standard InChI is InChI=1S/C16H20N4O3/c1-16(2,3)19-13(21)8-18-14(22)10-20-12-7-5-4-6-11(12)17-9-15(20)23/h4-7,9H,8,10H2,1-3H3,(H,18,22)(H,19,21). The number of para-hydroxylation sites is 2. The van der Waals surface area contributed by atoms with Crippen molar-refractivity contribution in [1.29, 1.82) is 0 Å². The largest absolute Gasteiger partial charge is 0.350 e.